The molecule has 1 N–H and O–H groups in total. The third-order valence-corrected chi connectivity index (χ3v) is 2.57. The van der Waals surface area contributed by atoms with Crippen LogP contribution >= 0.6 is 34.8 Å². The fourth-order valence-corrected chi connectivity index (χ4v) is 1.35. The lowest BCUT2D eigenvalue weighted by Crippen LogP contribution is -2.09. The summed E-state index contributed by atoms with van der Waals surface area (Å²) in [5, 5.41) is 9.71. The minimum absolute atomic E-state index is 0.204. The number of hydrogen-bond donors (Lipinski definition) is 1. The van der Waals surface area contributed by atoms with Crippen LogP contribution in [0.1, 0.15) is 6.92 Å². The molecule has 0 saturated carbocycles. The van der Waals surface area contributed by atoms with Crippen molar-refractivity contribution in [3.05, 3.63) is 27.2 Å². The summed E-state index contributed by atoms with van der Waals surface area (Å²) in [4.78, 5) is 0. The van der Waals surface area contributed by atoms with Crippen molar-refractivity contribution in [1.29, 1.82) is 0 Å². The van der Waals surface area contributed by atoms with Gasteiger partial charge in [-0.3, -0.25) is 0 Å². The third kappa shape index (κ3) is 2.64. The summed E-state index contributed by atoms with van der Waals surface area (Å²) in [6.45, 7) is 1.47. The molecule has 1 unspecified atom stereocenters. The first-order valence-corrected chi connectivity index (χ1v) is 4.64. The Labute approximate surface area is 91.0 Å². The fourth-order valence-electron chi connectivity index (χ4n) is 0.783. The van der Waals surface area contributed by atoms with Crippen LogP contribution in [0.25, 0.3) is 0 Å². The summed E-state index contributed by atoms with van der Waals surface area (Å²) >= 11 is 17.2. The standard InChI is InChI=1S/C8H7Cl3O2/c1-4(12)13-6-3-2-5(9)7(10)8(6)11/h2-4,12H,1H3. The van der Waals surface area contributed by atoms with Crippen LogP contribution in [0.5, 0.6) is 5.75 Å². The van der Waals surface area contributed by atoms with Gasteiger partial charge in [-0.15, -0.1) is 0 Å². The molecule has 0 spiro atoms. The molecule has 1 aromatic carbocycles. The Balaban J connectivity index is 3.04. The van der Waals surface area contributed by atoms with Gasteiger partial charge in [0.15, 0.2) is 6.29 Å². The first-order chi connectivity index (χ1) is 6.02. The number of aliphatic hydroxyl groups is 1. The lowest BCUT2D eigenvalue weighted by atomic mass is 10.3. The second kappa shape index (κ2) is 4.38. The molecule has 0 aromatic heterocycles. The van der Waals surface area contributed by atoms with E-state index in [-0.39, 0.29) is 10.0 Å². The van der Waals surface area contributed by atoms with Crippen LogP contribution in [0.4, 0.5) is 0 Å². The molecular weight excluding hydrogens is 234 g/mol. The Morgan fingerprint density at radius 1 is 1.23 bits per heavy atom. The van der Waals surface area contributed by atoms with Crippen LogP contribution in [0.15, 0.2) is 12.1 Å². The molecule has 0 bridgehead atoms. The van der Waals surface area contributed by atoms with Gasteiger partial charge in [0.05, 0.1) is 10.0 Å². The quantitative estimate of drug-likeness (QED) is 0.635. The predicted molar refractivity (Wildman–Crippen MR) is 53.8 cm³/mol. The summed E-state index contributed by atoms with van der Waals surface area (Å²) in [7, 11) is 0. The van der Waals surface area contributed by atoms with Crippen LogP contribution in [-0.2, 0) is 0 Å². The maximum atomic E-state index is 8.93. The van der Waals surface area contributed by atoms with E-state index in [0.29, 0.717) is 10.8 Å². The SMILES string of the molecule is CC(O)Oc1ccc(Cl)c(Cl)c1Cl. The van der Waals surface area contributed by atoms with Gasteiger partial charge in [0, 0.05) is 0 Å². The maximum Gasteiger partial charge on any atom is 0.194 e. The number of rotatable bonds is 2. The summed E-state index contributed by atoms with van der Waals surface area (Å²) in [6, 6.07) is 3.09. The van der Waals surface area contributed by atoms with E-state index in [2.05, 4.69) is 0 Å². The Morgan fingerprint density at radius 3 is 2.38 bits per heavy atom. The van der Waals surface area contributed by atoms with Crippen LogP contribution in [-0.4, -0.2) is 11.4 Å². The zero-order valence-electron chi connectivity index (χ0n) is 6.72. The van der Waals surface area contributed by atoms with Crippen LogP contribution in [0, 0.1) is 0 Å². The molecule has 0 amide bonds. The molecular formula is C8H7Cl3O2. The Kier molecular flexibility index (Phi) is 3.68. The predicted octanol–water partition coefficient (Wildman–Crippen LogP) is 3.36. The van der Waals surface area contributed by atoms with E-state index in [9.17, 15) is 0 Å². The van der Waals surface area contributed by atoms with E-state index in [1.807, 2.05) is 0 Å². The summed E-state index contributed by atoms with van der Waals surface area (Å²) in [5.41, 5.74) is 0. The smallest absolute Gasteiger partial charge is 0.194 e. The average Bonchev–Trinajstić information content (AvgIpc) is 2.06. The highest BCUT2D eigenvalue weighted by molar-refractivity contribution is 6.48. The lowest BCUT2D eigenvalue weighted by Gasteiger charge is -2.11. The first kappa shape index (κ1) is 10.9. The van der Waals surface area contributed by atoms with E-state index in [1.54, 1.807) is 12.1 Å². The topological polar surface area (TPSA) is 29.5 Å². The molecule has 2 nitrogen and oxygen atoms in total. The largest absolute Gasteiger partial charge is 0.464 e. The highest BCUT2D eigenvalue weighted by Gasteiger charge is 2.10. The van der Waals surface area contributed by atoms with Gasteiger partial charge in [0.2, 0.25) is 0 Å². The maximum absolute atomic E-state index is 8.93. The molecule has 72 valence electrons. The van der Waals surface area contributed by atoms with E-state index in [0.717, 1.165) is 0 Å². The molecule has 1 rings (SSSR count). The second-order valence-electron chi connectivity index (χ2n) is 2.39. The van der Waals surface area contributed by atoms with E-state index in [1.165, 1.54) is 6.92 Å². The fraction of sp³-hybridized carbons (Fsp3) is 0.250. The normalized spacial score (nSPS) is 12.7. The van der Waals surface area contributed by atoms with Crippen molar-refractivity contribution in [1.82, 2.24) is 0 Å². The molecule has 0 aliphatic carbocycles. The highest BCUT2D eigenvalue weighted by Crippen LogP contribution is 2.37. The van der Waals surface area contributed by atoms with Crippen molar-refractivity contribution in [2.75, 3.05) is 0 Å². The van der Waals surface area contributed by atoms with Gasteiger partial charge in [-0.2, -0.15) is 0 Å². The van der Waals surface area contributed by atoms with Crippen molar-refractivity contribution in [3.63, 3.8) is 0 Å². The molecule has 0 fully saturated rings. The minimum atomic E-state index is -0.935. The molecule has 0 saturated heterocycles. The molecule has 1 aromatic rings. The van der Waals surface area contributed by atoms with Gasteiger partial charge in [-0.25, -0.2) is 0 Å². The van der Waals surface area contributed by atoms with Crippen molar-refractivity contribution in [2.45, 2.75) is 13.2 Å². The Morgan fingerprint density at radius 2 is 1.85 bits per heavy atom. The third-order valence-electron chi connectivity index (χ3n) is 1.30. The zero-order chi connectivity index (χ0) is 10.0. The zero-order valence-corrected chi connectivity index (χ0v) is 8.99. The molecule has 0 radical (unpaired) electrons. The number of benzene rings is 1. The number of hydrogen-bond acceptors (Lipinski definition) is 2. The Hall–Kier alpha value is -0.150. The van der Waals surface area contributed by atoms with Crippen LogP contribution in [0.3, 0.4) is 0 Å². The number of aliphatic hydroxyl groups excluding tert-OH is 1. The van der Waals surface area contributed by atoms with Crippen molar-refractivity contribution in [2.24, 2.45) is 0 Å². The molecule has 13 heavy (non-hydrogen) atoms. The highest BCUT2D eigenvalue weighted by atomic mass is 35.5. The average molecular weight is 242 g/mol. The Bertz CT molecular complexity index is 313. The van der Waals surface area contributed by atoms with Crippen molar-refractivity contribution < 1.29 is 9.84 Å². The van der Waals surface area contributed by atoms with Crippen molar-refractivity contribution in [3.8, 4) is 5.75 Å². The molecule has 0 aliphatic rings. The van der Waals surface area contributed by atoms with E-state index >= 15 is 0 Å². The number of halogens is 3. The monoisotopic (exact) mass is 240 g/mol. The number of ether oxygens (including phenoxy) is 1. The summed E-state index contributed by atoms with van der Waals surface area (Å²) in [5.74, 6) is 0.311. The van der Waals surface area contributed by atoms with Gasteiger partial charge in [0.1, 0.15) is 10.8 Å². The van der Waals surface area contributed by atoms with Gasteiger partial charge in [-0.05, 0) is 19.1 Å². The summed E-state index contributed by atoms with van der Waals surface area (Å²) < 4.78 is 4.96. The van der Waals surface area contributed by atoms with Gasteiger partial charge in [-0.1, -0.05) is 34.8 Å². The van der Waals surface area contributed by atoms with E-state index < -0.39 is 6.29 Å². The van der Waals surface area contributed by atoms with Gasteiger partial charge in [0.25, 0.3) is 0 Å². The van der Waals surface area contributed by atoms with Crippen molar-refractivity contribution >= 4 is 34.8 Å². The molecule has 1 atom stereocenters. The first-order valence-electron chi connectivity index (χ1n) is 3.50. The van der Waals surface area contributed by atoms with E-state index in [4.69, 9.17) is 44.6 Å². The second-order valence-corrected chi connectivity index (χ2v) is 3.55. The van der Waals surface area contributed by atoms with Gasteiger partial charge >= 0.3 is 0 Å². The van der Waals surface area contributed by atoms with Crippen LogP contribution in [0.2, 0.25) is 15.1 Å². The summed E-state index contributed by atoms with van der Waals surface area (Å²) in [6.07, 6.45) is -0.935. The van der Waals surface area contributed by atoms with Crippen LogP contribution < -0.4 is 4.74 Å². The minimum Gasteiger partial charge on any atom is -0.464 e. The lowest BCUT2D eigenvalue weighted by molar-refractivity contribution is -0.000211. The molecule has 0 heterocycles. The molecule has 5 heteroatoms. The molecule has 0 aliphatic heterocycles. The van der Waals surface area contributed by atoms with Gasteiger partial charge < -0.3 is 9.84 Å².